The molecule has 1 aliphatic carbocycles. The second kappa shape index (κ2) is 8.85. The minimum absolute atomic E-state index is 0.0177. The summed E-state index contributed by atoms with van der Waals surface area (Å²) in [5.74, 6) is -0.264. The van der Waals surface area contributed by atoms with Crippen molar-refractivity contribution in [2.24, 2.45) is 11.8 Å². The van der Waals surface area contributed by atoms with Gasteiger partial charge in [-0.05, 0) is 51.4 Å². The molecule has 0 saturated carbocycles. The molecule has 0 unspecified atom stereocenters. The lowest BCUT2D eigenvalue weighted by molar-refractivity contribution is -0.150. The van der Waals surface area contributed by atoms with E-state index in [0.29, 0.717) is 18.6 Å². The molecule has 1 aliphatic heterocycles. The Morgan fingerprint density at radius 1 is 1.42 bits per heavy atom. The van der Waals surface area contributed by atoms with Gasteiger partial charge < -0.3 is 14.2 Å². The molecule has 1 fully saturated rings. The molecule has 0 aromatic rings. The van der Waals surface area contributed by atoms with Gasteiger partial charge in [-0.1, -0.05) is 32.1 Å². The maximum atomic E-state index is 12.0. The van der Waals surface area contributed by atoms with E-state index in [4.69, 9.17) is 14.2 Å². The average Bonchev–Trinajstić information content (AvgIpc) is 3.34. The summed E-state index contributed by atoms with van der Waals surface area (Å²) < 4.78 is 16.5. The Morgan fingerprint density at radius 2 is 2.15 bits per heavy atom. The van der Waals surface area contributed by atoms with Gasteiger partial charge in [0.15, 0.2) is 0 Å². The molecule has 0 radical (unpaired) electrons. The van der Waals surface area contributed by atoms with Crippen molar-refractivity contribution < 1.29 is 23.8 Å². The normalized spacial score (nSPS) is 31.6. The van der Waals surface area contributed by atoms with E-state index in [-0.39, 0.29) is 29.9 Å². The highest BCUT2D eigenvalue weighted by atomic mass is 16.6. The zero-order chi connectivity index (χ0) is 19.3. The topological polar surface area (TPSA) is 65.1 Å². The number of epoxide rings is 1. The van der Waals surface area contributed by atoms with Gasteiger partial charge in [-0.15, -0.1) is 0 Å². The summed E-state index contributed by atoms with van der Waals surface area (Å²) in [6.07, 6.45) is 6.63. The van der Waals surface area contributed by atoms with Gasteiger partial charge in [-0.3, -0.25) is 4.79 Å². The van der Waals surface area contributed by atoms with Crippen LogP contribution in [0.25, 0.3) is 0 Å². The van der Waals surface area contributed by atoms with Crippen molar-refractivity contribution in [2.45, 2.75) is 71.0 Å². The fourth-order valence-electron chi connectivity index (χ4n) is 3.47. The van der Waals surface area contributed by atoms with Gasteiger partial charge in [0.2, 0.25) is 0 Å². The Morgan fingerprint density at radius 3 is 2.77 bits per heavy atom. The molecule has 26 heavy (non-hydrogen) atoms. The van der Waals surface area contributed by atoms with Gasteiger partial charge in [-0.25, -0.2) is 4.79 Å². The number of carbonyl (C=O) groups is 2. The Labute approximate surface area is 156 Å². The molecule has 0 bridgehead atoms. The van der Waals surface area contributed by atoms with Crippen LogP contribution in [0.3, 0.4) is 0 Å². The largest absolute Gasteiger partial charge is 0.466 e. The summed E-state index contributed by atoms with van der Waals surface area (Å²) in [6, 6.07) is 0. The zero-order valence-corrected chi connectivity index (χ0v) is 16.5. The summed E-state index contributed by atoms with van der Waals surface area (Å²) in [4.78, 5) is 24.1. The van der Waals surface area contributed by atoms with Crippen molar-refractivity contribution in [2.75, 3.05) is 13.7 Å². The molecule has 0 aromatic carbocycles. The van der Waals surface area contributed by atoms with Crippen LogP contribution < -0.4 is 0 Å². The van der Waals surface area contributed by atoms with Gasteiger partial charge in [-0.2, -0.15) is 0 Å². The van der Waals surface area contributed by atoms with Crippen molar-refractivity contribution >= 4 is 11.9 Å². The van der Waals surface area contributed by atoms with E-state index in [1.54, 1.807) is 0 Å². The highest BCUT2D eigenvalue weighted by Gasteiger charge is 2.56. The Kier molecular flexibility index (Phi) is 7.04. The van der Waals surface area contributed by atoms with Crippen molar-refractivity contribution in [1.82, 2.24) is 0 Å². The molecular formula is C21H32O5. The van der Waals surface area contributed by atoms with Crippen molar-refractivity contribution in [3.8, 4) is 0 Å². The number of methoxy groups -OCH3 is 1. The predicted octanol–water partition coefficient (Wildman–Crippen LogP) is 3.97. The first-order valence-electron chi connectivity index (χ1n) is 9.60. The third-order valence-electron chi connectivity index (χ3n) is 5.77. The molecule has 4 atom stereocenters. The highest BCUT2D eigenvalue weighted by Crippen LogP contribution is 2.46. The molecule has 0 amide bonds. The number of hydrogen-bond acceptors (Lipinski definition) is 5. The monoisotopic (exact) mass is 364 g/mol. The van der Waals surface area contributed by atoms with Crippen LogP contribution in [0.4, 0.5) is 0 Å². The Bertz CT molecular complexity index is 579. The average molecular weight is 364 g/mol. The first-order valence-corrected chi connectivity index (χ1v) is 9.60. The summed E-state index contributed by atoms with van der Waals surface area (Å²) in [6.45, 7) is 10.3. The van der Waals surface area contributed by atoms with Gasteiger partial charge in [0.05, 0.1) is 19.1 Å². The number of esters is 2. The van der Waals surface area contributed by atoms with Crippen LogP contribution in [0.5, 0.6) is 0 Å². The number of rotatable bonds is 6. The minimum Gasteiger partial charge on any atom is -0.466 e. The lowest BCUT2D eigenvalue weighted by Gasteiger charge is -2.21. The molecule has 5 nitrogen and oxygen atoms in total. The fourth-order valence-corrected chi connectivity index (χ4v) is 3.47. The number of carbonyl (C=O) groups excluding carboxylic acids is 2. The van der Waals surface area contributed by atoms with E-state index in [9.17, 15) is 9.59 Å². The molecule has 0 aromatic heterocycles. The van der Waals surface area contributed by atoms with Crippen LogP contribution >= 0.6 is 0 Å². The second-order valence-electron chi connectivity index (χ2n) is 7.67. The number of ether oxygens (including phenoxy) is 3. The first kappa shape index (κ1) is 20.7. The van der Waals surface area contributed by atoms with Crippen LogP contribution in [0.15, 0.2) is 23.8 Å². The van der Waals surface area contributed by atoms with Crippen LogP contribution in [0.2, 0.25) is 0 Å². The molecule has 2 rings (SSSR count). The van der Waals surface area contributed by atoms with Crippen LogP contribution in [-0.2, 0) is 23.8 Å². The molecule has 0 N–H and O–H groups in total. The molecule has 146 valence electrons. The number of fused-ring (bicyclic) bond motifs is 1. The third-order valence-corrected chi connectivity index (χ3v) is 5.77. The number of hydrogen-bond donors (Lipinski definition) is 0. The SMILES string of the molecule is C=C(C)[C@H]1C/C=C(\C(=O)OC)CC[C@H]2O[C@]2(COC(=O)[C@H](C)CC)CC1. The van der Waals surface area contributed by atoms with Gasteiger partial charge in [0, 0.05) is 5.57 Å². The van der Waals surface area contributed by atoms with Gasteiger partial charge in [0.25, 0.3) is 0 Å². The third kappa shape index (κ3) is 4.97. The van der Waals surface area contributed by atoms with E-state index < -0.39 is 5.60 Å². The zero-order valence-electron chi connectivity index (χ0n) is 16.5. The summed E-state index contributed by atoms with van der Waals surface area (Å²) >= 11 is 0. The fraction of sp³-hybridized carbons (Fsp3) is 0.714. The predicted molar refractivity (Wildman–Crippen MR) is 99.5 cm³/mol. The molecule has 1 heterocycles. The molecule has 1 saturated heterocycles. The van der Waals surface area contributed by atoms with Crippen molar-refractivity contribution in [3.63, 3.8) is 0 Å². The van der Waals surface area contributed by atoms with Crippen LogP contribution in [0, 0.1) is 11.8 Å². The maximum absolute atomic E-state index is 12.0. The Balaban J connectivity index is 2.08. The highest BCUT2D eigenvalue weighted by molar-refractivity contribution is 5.88. The standard InChI is InChI=1S/C21H32O5/c1-6-15(4)19(22)25-13-21-12-11-16(14(2)3)7-8-17(20(23)24-5)9-10-18(21)26-21/h8,15-16,18H,2,6-7,9-13H2,1,3-5H3/b17-8-/t15-,16+,18-,21+/m1/s1. The van der Waals surface area contributed by atoms with Gasteiger partial charge >= 0.3 is 11.9 Å². The molecular weight excluding hydrogens is 332 g/mol. The number of allylic oxidation sites excluding steroid dienone is 2. The summed E-state index contributed by atoms with van der Waals surface area (Å²) in [7, 11) is 1.41. The van der Waals surface area contributed by atoms with Gasteiger partial charge in [0.1, 0.15) is 12.2 Å². The van der Waals surface area contributed by atoms with Crippen molar-refractivity contribution in [1.29, 1.82) is 0 Å². The van der Waals surface area contributed by atoms with E-state index in [1.165, 1.54) is 7.11 Å². The second-order valence-corrected chi connectivity index (χ2v) is 7.67. The van der Waals surface area contributed by atoms with E-state index in [0.717, 1.165) is 37.7 Å². The smallest absolute Gasteiger partial charge is 0.333 e. The lowest BCUT2D eigenvalue weighted by atomic mass is 9.85. The Hall–Kier alpha value is -1.62. The molecule has 5 heteroatoms. The summed E-state index contributed by atoms with van der Waals surface area (Å²) in [5, 5.41) is 0. The quantitative estimate of drug-likeness (QED) is 0.405. The van der Waals surface area contributed by atoms with Crippen LogP contribution in [0.1, 0.15) is 59.3 Å². The van der Waals surface area contributed by atoms with E-state index >= 15 is 0 Å². The van der Waals surface area contributed by atoms with E-state index in [2.05, 4.69) is 6.58 Å². The maximum Gasteiger partial charge on any atom is 0.333 e. The van der Waals surface area contributed by atoms with Crippen molar-refractivity contribution in [3.05, 3.63) is 23.8 Å². The lowest BCUT2D eigenvalue weighted by Crippen LogP contribution is -2.28. The molecule has 0 spiro atoms. The summed E-state index contributed by atoms with van der Waals surface area (Å²) in [5.41, 5.74) is 1.38. The van der Waals surface area contributed by atoms with Crippen LogP contribution in [-0.4, -0.2) is 37.4 Å². The molecule has 2 aliphatic rings. The first-order chi connectivity index (χ1) is 12.3. The van der Waals surface area contributed by atoms with E-state index in [1.807, 2.05) is 26.8 Å². The minimum atomic E-state index is -0.407.